The first kappa shape index (κ1) is 28.5. The molecule has 2 heterocycles. The summed E-state index contributed by atoms with van der Waals surface area (Å²) in [6.07, 6.45) is 4.44. The van der Waals surface area contributed by atoms with Gasteiger partial charge in [-0.25, -0.2) is 9.97 Å². The predicted molar refractivity (Wildman–Crippen MR) is 166 cm³/mol. The quantitative estimate of drug-likeness (QED) is 0.212. The number of aromatic nitrogens is 2. The van der Waals surface area contributed by atoms with Gasteiger partial charge in [0.2, 0.25) is 5.91 Å². The van der Waals surface area contributed by atoms with Gasteiger partial charge in [0.25, 0.3) is 0 Å². The van der Waals surface area contributed by atoms with Crippen molar-refractivity contribution < 1.29 is 9.90 Å². The number of carbonyl (C=O) groups is 1. The third-order valence-electron chi connectivity index (χ3n) is 7.67. The van der Waals surface area contributed by atoms with Crippen LogP contribution in [0.15, 0.2) is 78.9 Å². The minimum absolute atomic E-state index is 0.102. The van der Waals surface area contributed by atoms with E-state index in [1.54, 1.807) is 0 Å². The normalized spacial score (nSPS) is 14.5. The number of unbranched alkanes of at least 4 members (excludes halogenated alkanes) is 3. The summed E-state index contributed by atoms with van der Waals surface area (Å²) in [5, 5.41) is 13.7. The second-order valence-corrected chi connectivity index (χ2v) is 11.2. The molecule has 2 N–H and O–H groups in total. The van der Waals surface area contributed by atoms with Crippen LogP contribution in [0, 0.1) is 13.8 Å². The zero-order valence-electron chi connectivity index (χ0n) is 24.1. The van der Waals surface area contributed by atoms with Crippen LogP contribution in [0.4, 0.5) is 5.82 Å². The Hall–Kier alpha value is -4.03. The molecule has 0 spiro atoms. The molecule has 3 aromatic carbocycles. The molecule has 6 nitrogen and oxygen atoms in total. The number of aliphatic hydroxyl groups excluding tert-OH is 1. The molecule has 4 aromatic rings. The summed E-state index contributed by atoms with van der Waals surface area (Å²) in [6, 6.07) is 26.8. The standard InChI is InChI=1S/C35H40N4O2/c1-25-13-17-28(18-14-25)33-34(29-19-15-26(2)16-20-29)38-35-31(37-33)22-30(40)24-39(35)21-9-4-3-8-12-32(41)36-23-27-10-6-5-7-11-27/h5-7,10-11,13-20,30,40H,3-4,8-9,12,21-24H2,1-2H3,(H,36,41). The fourth-order valence-corrected chi connectivity index (χ4v) is 5.33. The first-order valence-corrected chi connectivity index (χ1v) is 14.7. The number of amides is 1. The molecular weight excluding hydrogens is 508 g/mol. The van der Waals surface area contributed by atoms with Crippen LogP contribution in [0.5, 0.6) is 0 Å². The van der Waals surface area contributed by atoms with Crippen molar-refractivity contribution in [2.75, 3.05) is 18.0 Å². The molecule has 0 saturated carbocycles. The number of β-amino-alcohol motifs (C(OH)–C–C–N with tert-alkyl or cyclic N) is 1. The zero-order chi connectivity index (χ0) is 28.6. The van der Waals surface area contributed by atoms with Crippen molar-refractivity contribution >= 4 is 11.7 Å². The number of hydrogen-bond acceptors (Lipinski definition) is 5. The molecule has 0 radical (unpaired) electrons. The van der Waals surface area contributed by atoms with E-state index in [0.717, 1.165) is 71.8 Å². The van der Waals surface area contributed by atoms with Gasteiger partial charge in [0.15, 0.2) is 5.82 Å². The molecule has 1 aliphatic heterocycles. The third-order valence-corrected chi connectivity index (χ3v) is 7.67. The molecule has 0 bridgehead atoms. The van der Waals surface area contributed by atoms with E-state index in [4.69, 9.17) is 9.97 Å². The number of aryl methyl sites for hydroxylation is 2. The topological polar surface area (TPSA) is 78.4 Å². The monoisotopic (exact) mass is 548 g/mol. The van der Waals surface area contributed by atoms with Gasteiger partial charge >= 0.3 is 0 Å². The average Bonchev–Trinajstić information content (AvgIpc) is 2.98. The lowest BCUT2D eigenvalue weighted by atomic mass is 10.00. The highest BCUT2D eigenvalue weighted by molar-refractivity contribution is 5.80. The summed E-state index contributed by atoms with van der Waals surface area (Å²) in [7, 11) is 0. The first-order chi connectivity index (χ1) is 20.0. The summed E-state index contributed by atoms with van der Waals surface area (Å²) in [5.41, 5.74) is 8.16. The van der Waals surface area contributed by atoms with Crippen LogP contribution in [-0.2, 0) is 17.8 Å². The summed E-state index contributed by atoms with van der Waals surface area (Å²) in [6.45, 7) is 6.10. The largest absolute Gasteiger partial charge is 0.391 e. The van der Waals surface area contributed by atoms with E-state index in [9.17, 15) is 9.90 Å². The molecule has 0 aliphatic carbocycles. The third kappa shape index (κ3) is 7.59. The highest BCUT2D eigenvalue weighted by Gasteiger charge is 2.28. The highest BCUT2D eigenvalue weighted by atomic mass is 16.3. The Bertz CT molecular complexity index is 1440. The van der Waals surface area contributed by atoms with Crippen molar-refractivity contribution in [1.29, 1.82) is 0 Å². The van der Waals surface area contributed by atoms with Gasteiger partial charge in [-0.3, -0.25) is 4.79 Å². The maximum atomic E-state index is 12.2. The van der Waals surface area contributed by atoms with Crippen molar-refractivity contribution in [3.63, 3.8) is 0 Å². The second kappa shape index (κ2) is 13.6. The Morgan fingerprint density at radius 3 is 2.10 bits per heavy atom. The molecule has 0 fully saturated rings. The molecule has 5 rings (SSSR count). The molecule has 0 saturated heterocycles. The predicted octanol–water partition coefficient (Wildman–Crippen LogP) is 6.42. The molecule has 1 amide bonds. The second-order valence-electron chi connectivity index (χ2n) is 11.2. The van der Waals surface area contributed by atoms with Crippen molar-refractivity contribution in [2.45, 2.75) is 65.0 Å². The minimum Gasteiger partial charge on any atom is -0.391 e. The Labute approximate surface area is 243 Å². The molecule has 1 aliphatic rings. The maximum Gasteiger partial charge on any atom is 0.220 e. The van der Waals surface area contributed by atoms with Crippen LogP contribution in [0.2, 0.25) is 0 Å². The molecule has 1 unspecified atom stereocenters. The summed E-state index contributed by atoms with van der Waals surface area (Å²) in [4.78, 5) is 24.7. The summed E-state index contributed by atoms with van der Waals surface area (Å²) >= 11 is 0. The number of rotatable bonds is 11. The van der Waals surface area contributed by atoms with Gasteiger partial charge in [0.1, 0.15) is 0 Å². The Balaban J connectivity index is 1.23. The van der Waals surface area contributed by atoms with E-state index < -0.39 is 6.10 Å². The minimum atomic E-state index is -0.471. The molecule has 41 heavy (non-hydrogen) atoms. The van der Waals surface area contributed by atoms with Crippen molar-refractivity contribution in [3.05, 3.63) is 101 Å². The summed E-state index contributed by atoms with van der Waals surface area (Å²) < 4.78 is 0. The van der Waals surface area contributed by atoms with E-state index in [1.165, 1.54) is 11.1 Å². The lowest BCUT2D eigenvalue weighted by molar-refractivity contribution is -0.121. The van der Waals surface area contributed by atoms with Crippen molar-refractivity contribution in [2.24, 2.45) is 0 Å². The van der Waals surface area contributed by atoms with Crippen LogP contribution in [0.25, 0.3) is 22.5 Å². The fraction of sp³-hybridized carbons (Fsp3) is 0.343. The molecular formula is C35H40N4O2. The van der Waals surface area contributed by atoms with Crippen LogP contribution >= 0.6 is 0 Å². The van der Waals surface area contributed by atoms with Crippen molar-refractivity contribution in [1.82, 2.24) is 15.3 Å². The lowest BCUT2D eigenvalue weighted by Crippen LogP contribution is -2.40. The lowest BCUT2D eigenvalue weighted by Gasteiger charge is -2.33. The zero-order valence-corrected chi connectivity index (χ0v) is 24.1. The maximum absolute atomic E-state index is 12.2. The van der Waals surface area contributed by atoms with E-state index in [0.29, 0.717) is 25.9 Å². The molecule has 1 atom stereocenters. The fourth-order valence-electron chi connectivity index (χ4n) is 5.33. The number of fused-ring (bicyclic) bond motifs is 1. The SMILES string of the molecule is Cc1ccc(-c2nc3c(nc2-c2ccc(C)cc2)N(CCCCCCC(=O)NCc2ccccc2)CC(O)C3)cc1. The Morgan fingerprint density at radius 1 is 0.829 bits per heavy atom. The van der Waals surface area contributed by atoms with Gasteiger partial charge in [0, 0.05) is 43.6 Å². The Morgan fingerprint density at radius 2 is 1.44 bits per heavy atom. The van der Waals surface area contributed by atoms with E-state index in [2.05, 4.69) is 72.6 Å². The number of nitrogens with zero attached hydrogens (tertiary/aromatic N) is 3. The summed E-state index contributed by atoms with van der Waals surface area (Å²) in [5.74, 6) is 0.979. The number of aliphatic hydroxyl groups is 1. The number of nitrogens with one attached hydrogen (secondary N) is 1. The van der Waals surface area contributed by atoms with E-state index in [-0.39, 0.29) is 5.91 Å². The molecule has 6 heteroatoms. The van der Waals surface area contributed by atoms with E-state index >= 15 is 0 Å². The number of carbonyl (C=O) groups excluding carboxylic acids is 1. The van der Waals surface area contributed by atoms with Crippen LogP contribution in [-0.4, -0.2) is 40.2 Å². The number of benzene rings is 3. The highest BCUT2D eigenvalue weighted by Crippen LogP contribution is 2.35. The van der Waals surface area contributed by atoms with Gasteiger partial charge in [-0.1, -0.05) is 103 Å². The number of anilines is 1. The van der Waals surface area contributed by atoms with Gasteiger partial charge in [-0.15, -0.1) is 0 Å². The molecule has 1 aromatic heterocycles. The Kier molecular flexibility index (Phi) is 9.42. The average molecular weight is 549 g/mol. The smallest absolute Gasteiger partial charge is 0.220 e. The van der Waals surface area contributed by atoms with Crippen LogP contribution in [0.3, 0.4) is 0 Å². The number of hydrogen-bond donors (Lipinski definition) is 2. The first-order valence-electron chi connectivity index (χ1n) is 14.7. The van der Waals surface area contributed by atoms with E-state index in [1.807, 2.05) is 30.3 Å². The van der Waals surface area contributed by atoms with Gasteiger partial charge in [-0.05, 0) is 32.3 Å². The molecule has 212 valence electrons. The van der Waals surface area contributed by atoms with Crippen molar-refractivity contribution in [3.8, 4) is 22.5 Å². The van der Waals surface area contributed by atoms with Gasteiger partial charge in [-0.2, -0.15) is 0 Å². The van der Waals surface area contributed by atoms with Crippen LogP contribution < -0.4 is 10.2 Å². The van der Waals surface area contributed by atoms with Crippen LogP contribution in [0.1, 0.15) is 54.5 Å². The van der Waals surface area contributed by atoms with Gasteiger partial charge < -0.3 is 15.3 Å². The van der Waals surface area contributed by atoms with Gasteiger partial charge in [0.05, 0.1) is 23.2 Å².